The van der Waals surface area contributed by atoms with E-state index in [9.17, 15) is 14.4 Å². The Hall–Kier alpha value is -2.85. The van der Waals surface area contributed by atoms with Crippen LogP contribution in [0.25, 0.3) is 0 Å². The van der Waals surface area contributed by atoms with E-state index in [1.54, 1.807) is 24.3 Å². The van der Waals surface area contributed by atoms with Crippen molar-refractivity contribution >= 4 is 61.4 Å². The van der Waals surface area contributed by atoms with Crippen molar-refractivity contribution in [3.05, 3.63) is 82.8 Å². The van der Waals surface area contributed by atoms with Crippen LogP contribution < -0.4 is 24.3 Å². The molecule has 1 heterocycles. The van der Waals surface area contributed by atoms with Gasteiger partial charge in [-0.3, -0.25) is 0 Å². The van der Waals surface area contributed by atoms with Crippen molar-refractivity contribution in [1.29, 1.82) is 0 Å². The van der Waals surface area contributed by atoms with Crippen LogP contribution in [-0.4, -0.2) is 36.2 Å². The first-order valence-corrected chi connectivity index (χ1v) is 23.6. The average Bonchev–Trinajstić information content (AvgIpc) is 3.01. The quantitative estimate of drug-likeness (QED) is 0.108. The molecular formula is C34H42BrN3O4Sn. The molecule has 4 rings (SSSR count). The third kappa shape index (κ3) is 7.81. The maximum absolute atomic E-state index is 13.5. The van der Waals surface area contributed by atoms with Crippen molar-refractivity contribution in [2.75, 3.05) is 5.32 Å². The predicted molar refractivity (Wildman–Crippen MR) is 179 cm³/mol. The normalized spacial score (nSPS) is 14.7. The van der Waals surface area contributed by atoms with Crippen LogP contribution in [-0.2, 0) is 15.1 Å². The first-order valence-electron chi connectivity index (χ1n) is 15.4. The summed E-state index contributed by atoms with van der Waals surface area (Å²) < 4.78 is 12.4. The molecule has 0 unspecified atom stereocenters. The van der Waals surface area contributed by atoms with E-state index in [1.807, 2.05) is 36.4 Å². The van der Waals surface area contributed by atoms with Crippen LogP contribution in [0.5, 0.6) is 11.5 Å². The van der Waals surface area contributed by atoms with Gasteiger partial charge in [-0.15, -0.1) is 0 Å². The van der Waals surface area contributed by atoms with Gasteiger partial charge < -0.3 is 0 Å². The van der Waals surface area contributed by atoms with Crippen LogP contribution in [0.1, 0.15) is 64.9 Å². The Kier molecular flexibility index (Phi) is 11.7. The van der Waals surface area contributed by atoms with Gasteiger partial charge in [-0.2, -0.15) is 0 Å². The van der Waals surface area contributed by atoms with Crippen molar-refractivity contribution < 1.29 is 19.1 Å². The molecule has 7 nitrogen and oxygen atoms in total. The second-order valence-electron chi connectivity index (χ2n) is 11.4. The Morgan fingerprint density at radius 2 is 1.16 bits per heavy atom. The number of rotatable bonds is 15. The molecule has 228 valence electrons. The number of imide groups is 2. The monoisotopic (exact) mass is 755 g/mol. The third-order valence-corrected chi connectivity index (χ3v) is 24.5. The van der Waals surface area contributed by atoms with Gasteiger partial charge in [-0.25, -0.2) is 0 Å². The number of carbonyl (C=O) groups excluding carboxylic acids is 3. The number of barbiturate groups is 1. The summed E-state index contributed by atoms with van der Waals surface area (Å²) in [5.41, 5.74) is -0.802. The van der Waals surface area contributed by atoms with E-state index in [0.717, 1.165) is 4.47 Å². The fourth-order valence-corrected chi connectivity index (χ4v) is 22.1. The maximum atomic E-state index is 13.5. The summed E-state index contributed by atoms with van der Waals surface area (Å²) in [6.45, 7) is 6.81. The van der Waals surface area contributed by atoms with Gasteiger partial charge in [-0.1, -0.05) is 15.9 Å². The van der Waals surface area contributed by atoms with Crippen LogP contribution in [0.15, 0.2) is 77.3 Å². The summed E-state index contributed by atoms with van der Waals surface area (Å²) in [6.07, 6.45) is 7.41. The van der Waals surface area contributed by atoms with E-state index in [2.05, 4.69) is 64.8 Å². The molecule has 43 heavy (non-hydrogen) atoms. The second kappa shape index (κ2) is 15.2. The van der Waals surface area contributed by atoms with E-state index < -0.39 is 41.8 Å². The van der Waals surface area contributed by atoms with Crippen molar-refractivity contribution in [1.82, 2.24) is 10.6 Å². The summed E-state index contributed by atoms with van der Waals surface area (Å²) in [7, 11) is 0. The Morgan fingerprint density at radius 1 is 0.698 bits per heavy atom. The SMILES string of the molecule is CCC[CH2][Sn]([CH2]CCC)([CH2]CCC)[c]1ccc(NC2(c3ccc(Oc4ccc(Br)cc4)cc3)C(=O)NC(=O)NC2=O)cc1. The number of nitrogens with one attached hydrogen (secondary N) is 3. The van der Waals surface area contributed by atoms with E-state index in [0.29, 0.717) is 22.7 Å². The second-order valence-corrected chi connectivity index (χ2v) is 25.5. The molecule has 1 fully saturated rings. The van der Waals surface area contributed by atoms with E-state index in [1.165, 1.54) is 55.4 Å². The summed E-state index contributed by atoms with van der Waals surface area (Å²) in [6, 6.07) is 21.8. The Bertz CT molecular complexity index is 1350. The molecule has 0 aliphatic carbocycles. The van der Waals surface area contributed by atoms with Gasteiger partial charge in [0.25, 0.3) is 0 Å². The summed E-state index contributed by atoms with van der Waals surface area (Å²) in [4.78, 5) is 38.9. The Morgan fingerprint density at radius 3 is 1.63 bits per heavy atom. The standard InChI is InChI=1S/C22H15BrN3O4.3C4H9.Sn/c23-15-8-12-18(13-9-15)30-17-10-6-14(7-11-17)22(26-16-4-2-1-3-5-16)19(27)24-21(29)25-20(22)28;3*1-3-4-2;/h2-13,26H,(H2,24,25,27,28,29);3*1,3-4H2,2H3;. The molecule has 4 amide bonds. The van der Waals surface area contributed by atoms with Crippen LogP contribution in [0.3, 0.4) is 0 Å². The molecule has 3 aromatic carbocycles. The predicted octanol–water partition coefficient (Wildman–Crippen LogP) is 7.97. The topological polar surface area (TPSA) is 96.5 Å². The summed E-state index contributed by atoms with van der Waals surface area (Å²) >= 11 is 0.765. The van der Waals surface area contributed by atoms with Crippen LogP contribution in [0.4, 0.5) is 10.5 Å². The molecule has 0 spiro atoms. The fourth-order valence-electron chi connectivity index (χ4n) is 5.86. The molecule has 3 N–H and O–H groups in total. The number of anilines is 1. The van der Waals surface area contributed by atoms with Gasteiger partial charge in [0, 0.05) is 4.47 Å². The molecule has 0 aromatic heterocycles. The van der Waals surface area contributed by atoms with Crippen molar-refractivity contribution in [3.8, 4) is 11.5 Å². The van der Waals surface area contributed by atoms with E-state index >= 15 is 0 Å². The number of unbranched alkanes of at least 4 members (excludes halogenated alkanes) is 3. The Balaban J connectivity index is 1.66. The van der Waals surface area contributed by atoms with E-state index in [4.69, 9.17) is 4.74 Å². The molecule has 0 atom stereocenters. The molecule has 0 saturated carbocycles. The number of benzene rings is 3. The molecule has 3 aromatic rings. The molecule has 1 aliphatic rings. The number of carbonyl (C=O) groups is 3. The number of amides is 4. The number of hydrogen-bond acceptors (Lipinski definition) is 5. The van der Waals surface area contributed by atoms with Gasteiger partial charge in [0.15, 0.2) is 0 Å². The zero-order valence-corrected chi connectivity index (χ0v) is 29.7. The average molecular weight is 755 g/mol. The van der Waals surface area contributed by atoms with Crippen molar-refractivity contribution in [2.45, 2.75) is 78.1 Å². The molecule has 0 bridgehead atoms. The molecule has 1 saturated heterocycles. The third-order valence-electron chi connectivity index (χ3n) is 8.33. The van der Waals surface area contributed by atoms with Crippen molar-refractivity contribution in [3.63, 3.8) is 0 Å². The minimum atomic E-state index is -2.65. The Labute approximate surface area is 267 Å². The summed E-state index contributed by atoms with van der Waals surface area (Å²) in [5, 5.41) is 7.79. The van der Waals surface area contributed by atoms with Crippen LogP contribution in [0, 0.1) is 0 Å². The minimum absolute atomic E-state index is 0.393. The van der Waals surface area contributed by atoms with Gasteiger partial charge in [0.2, 0.25) is 0 Å². The number of halogens is 1. The molecular weight excluding hydrogens is 713 g/mol. The van der Waals surface area contributed by atoms with Gasteiger partial charge in [0.1, 0.15) is 0 Å². The molecule has 1 aliphatic heterocycles. The number of ether oxygens (including phenoxy) is 1. The zero-order chi connectivity index (χ0) is 30.9. The number of hydrogen-bond donors (Lipinski definition) is 3. The van der Waals surface area contributed by atoms with Crippen LogP contribution >= 0.6 is 15.9 Å². The van der Waals surface area contributed by atoms with Gasteiger partial charge >= 0.3 is 224 Å². The zero-order valence-electron chi connectivity index (χ0n) is 25.3. The van der Waals surface area contributed by atoms with Crippen LogP contribution in [0.2, 0.25) is 13.3 Å². The van der Waals surface area contributed by atoms with Gasteiger partial charge in [-0.05, 0) is 24.3 Å². The van der Waals surface area contributed by atoms with Gasteiger partial charge in [0.05, 0.1) is 0 Å². The molecule has 9 heteroatoms. The molecule has 0 radical (unpaired) electrons. The summed E-state index contributed by atoms with van der Waals surface area (Å²) in [5.74, 6) is -0.252. The number of urea groups is 1. The first-order chi connectivity index (χ1) is 20.8. The fraction of sp³-hybridized carbons (Fsp3) is 0.382. The van der Waals surface area contributed by atoms with Crippen molar-refractivity contribution in [2.24, 2.45) is 0 Å². The first kappa shape index (κ1) is 33.0. The van der Waals surface area contributed by atoms with E-state index in [-0.39, 0.29) is 0 Å².